The van der Waals surface area contributed by atoms with Gasteiger partial charge in [0.2, 0.25) is 0 Å². The Balaban J connectivity index is 0.000000235. The van der Waals surface area contributed by atoms with Crippen LogP contribution < -0.4 is 10.6 Å². The number of nitrogens with one attached hydrogen (secondary N) is 2. The Hall–Kier alpha value is -4.80. The van der Waals surface area contributed by atoms with E-state index in [1.54, 1.807) is 73.3 Å². The Labute approximate surface area is 239 Å². The summed E-state index contributed by atoms with van der Waals surface area (Å²) in [6.45, 7) is 0.591. The first-order valence-electron chi connectivity index (χ1n) is 11.5. The average Bonchev–Trinajstić information content (AvgIpc) is 2.96. The predicted octanol–water partition coefficient (Wildman–Crippen LogP) is 4.49. The normalized spacial score (nSPS) is 9.55. The van der Waals surface area contributed by atoms with Crippen LogP contribution >= 0.6 is 23.2 Å². The van der Waals surface area contributed by atoms with Crippen LogP contribution in [-0.2, 0) is 22.7 Å². The first-order chi connectivity index (χ1) is 19.2. The summed E-state index contributed by atoms with van der Waals surface area (Å²) in [5.74, 6) is -3.23. The highest BCUT2D eigenvalue weighted by Crippen LogP contribution is 2.10. The number of hydrogen-bond acceptors (Lipinski definition) is 6. The molecule has 206 valence electrons. The van der Waals surface area contributed by atoms with Crippen molar-refractivity contribution in [2.24, 2.45) is 0 Å². The molecule has 0 fully saturated rings. The molecule has 0 bridgehead atoms. The highest BCUT2D eigenvalue weighted by Gasteiger charge is 2.12. The molecular weight excluding hydrogens is 559 g/mol. The molecule has 2 heterocycles. The van der Waals surface area contributed by atoms with Gasteiger partial charge < -0.3 is 20.8 Å². The highest BCUT2D eigenvalue weighted by molar-refractivity contribution is 6.35. The third kappa shape index (κ3) is 12.2. The lowest BCUT2D eigenvalue weighted by Crippen LogP contribution is -2.39. The minimum absolute atomic E-state index is 0.215. The van der Waals surface area contributed by atoms with Crippen LogP contribution in [0.5, 0.6) is 0 Å². The number of rotatable bonds is 6. The lowest BCUT2D eigenvalue weighted by Gasteiger charge is -2.06. The van der Waals surface area contributed by atoms with Crippen LogP contribution in [0.1, 0.15) is 31.8 Å². The quantitative estimate of drug-likeness (QED) is 0.242. The number of halogens is 2. The number of carbonyl (C=O) groups excluding carboxylic acids is 2. The van der Waals surface area contributed by atoms with Crippen molar-refractivity contribution in [3.8, 4) is 0 Å². The fraction of sp³-hybridized carbons (Fsp3) is 0.0714. The zero-order valence-electron chi connectivity index (χ0n) is 20.8. The number of aromatic carboxylic acids is 2. The number of amides is 2. The SMILES string of the molecule is O=C(NCc1ccncc1)C(=O)NCc1ccncc1.O=C(O)c1cccc(Cl)c1.O=C(O)c1cccc(Cl)c1. The fourth-order valence-electron chi connectivity index (χ4n) is 2.77. The third-order valence-electron chi connectivity index (χ3n) is 4.75. The Bertz CT molecular complexity index is 1310. The second-order valence-electron chi connectivity index (χ2n) is 7.71. The summed E-state index contributed by atoms with van der Waals surface area (Å²) in [7, 11) is 0. The smallest absolute Gasteiger partial charge is 0.335 e. The molecule has 2 aromatic heterocycles. The second-order valence-corrected chi connectivity index (χ2v) is 8.58. The molecule has 40 heavy (non-hydrogen) atoms. The largest absolute Gasteiger partial charge is 0.478 e. The number of nitrogens with zero attached hydrogens (tertiary/aromatic N) is 2. The monoisotopic (exact) mass is 582 g/mol. The van der Waals surface area contributed by atoms with Crippen LogP contribution in [0, 0.1) is 0 Å². The van der Waals surface area contributed by atoms with Crippen LogP contribution in [0.25, 0.3) is 0 Å². The van der Waals surface area contributed by atoms with Crippen LogP contribution in [0.15, 0.2) is 97.6 Å². The van der Waals surface area contributed by atoms with E-state index in [1.807, 2.05) is 0 Å². The molecule has 0 spiro atoms. The maximum Gasteiger partial charge on any atom is 0.335 e. The maximum atomic E-state index is 11.6. The van der Waals surface area contributed by atoms with Gasteiger partial charge in [-0.1, -0.05) is 35.3 Å². The Morgan fingerprint density at radius 2 is 0.950 bits per heavy atom. The molecule has 0 radical (unpaired) electrons. The number of benzene rings is 2. The Morgan fingerprint density at radius 3 is 1.23 bits per heavy atom. The Morgan fingerprint density at radius 1 is 0.600 bits per heavy atom. The maximum absolute atomic E-state index is 11.6. The molecule has 0 unspecified atom stereocenters. The van der Waals surface area contributed by atoms with E-state index in [1.165, 1.54) is 24.3 Å². The van der Waals surface area contributed by atoms with E-state index < -0.39 is 23.8 Å². The van der Waals surface area contributed by atoms with Crippen molar-refractivity contribution in [1.29, 1.82) is 0 Å². The van der Waals surface area contributed by atoms with Gasteiger partial charge in [-0.15, -0.1) is 0 Å². The van der Waals surface area contributed by atoms with E-state index in [-0.39, 0.29) is 11.1 Å². The van der Waals surface area contributed by atoms with Crippen LogP contribution in [0.3, 0.4) is 0 Å². The molecule has 4 rings (SSSR count). The molecule has 4 aromatic rings. The second kappa shape index (κ2) is 16.9. The zero-order valence-corrected chi connectivity index (χ0v) is 22.3. The third-order valence-corrected chi connectivity index (χ3v) is 5.22. The van der Waals surface area contributed by atoms with E-state index in [0.29, 0.717) is 23.1 Å². The van der Waals surface area contributed by atoms with Gasteiger partial charge in [-0.25, -0.2) is 9.59 Å². The molecule has 0 atom stereocenters. The molecule has 2 aromatic carbocycles. The van der Waals surface area contributed by atoms with Crippen molar-refractivity contribution in [3.63, 3.8) is 0 Å². The molecule has 0 aliphatic rings. The topological polar surface area (TPSA) is 159 Å². The minimum atomic E-state index is -0.956. The zero-order chi connectivity index (χ0) is 29.3. The van der Waals surface area contributed by atoms with Crippen molar-refractivity contribution in [2.45, 2.75) is 13.1 Å². The molecular formula is C28H24Cl2N4O6. The summed E-state index contributed by atoms with van der Waals surface area (Å²) in [5, 5.41) is 22.9. The molecule has 0 aliphatic heterocycles. The lowest BCUT2D eigenvalue weighted by atomic mass is 10.2. The number of pyridine rings is 2. The number of carboxylic acid groups (broad SMARTS) is 2. The van der Waals surface area contributed by atoms with E-state index in [0.717, 1.165) is 11.1 Å². The van der Waals surface area contributed by atoms with E-state index in [4.69, 9.17) is 33.4 Å². The molecule has 0 saturated heterocycles. The van der Waals surface area contributed by atoms with E-state index in [9.17, 15) is 19.2 Å². The van der Waals surface area contributed by atoms with Gasteiger partial charge in [-0.05, 0) is 71.8 Å². The lowest BCUT2D eigenvalue weighted by molar-refractivity contribution is -0.139. The molecule has 0 saturated carbocycles. The van der Waals surface area contributed by atoms with Gasteiger partial charge in [0.1, 0.15) is 0 Å². The van der Waals surface area contributed by atoms with Gasteiger partial charge in [0.05, 0.1) is 11.1 Å². The van der Waals surface area contributed by atoms with Gasteiger partial charge in [-0.3, -0.25) is 19.6 Å². The molecule has 0 aliphatic carbocycles. The summed E-state index contributed by atoms with van der Waals surface area (Å²) >= 11 is 11.1. The van der Waals surface area contributed by atoms with E-state index in [2.05, 4.69) is 20.6 Å². The van der Waals surface area contributed by atoms with Gasteiger partial charge in [0.15, 0.2) is 0 Å². The van der Waals surface area contributed by atoms with Gasteiger partial charge in [0, 0.05) is 47.9 Å². The standard InChI is InChI=1S/C14H14N4O2.2C7H5ClO2/c19-13(17-9-11-1-5-15-6-2-11)14(20)18-10-12-3-7-16-8-4-12;2*8-6-3-1-2-5(4-6)7(9)10/h1-8H,9-10H2,(H,17,19)(H,18,20);2*1-4H,(H,9,10). The van der Waals surface area contributed by atoms with Crippen molar-refractivity contribution < 1.29 is 29.4 Å². The number of carbonyl (C=O) groups is 4. The van der Waals surface area contributed by atoms with Crippen molar-refractivity contribution in [2.75, 3.05) is 0 Å². The van der Waals surface area contributed by atoms with Gasteiger partial charge in [-0.2, -0.15) is 0 Å². The summed E-state index contributed by atoms with van der Waals surface area (Å²) in [5.41, 5.74) is 2.20. The number of carboxylic acids is 2. The van der Waals surface area contributed by atoms with Crippen molar-refractivity contribution in [1.82, 2.24) is 20.6 Å². The number of aromatic nitrogens is 2. The van der Waals surface area contributed by atoms with Crippen molar-refractivity contribution in [3.05, 3.63) is 130 Å². The van der Waals surface area contributed by atoms with E-state index >= 15 is 0 Å². The molecule has 12 heteroatoms. The summed E-state index contributed by atoms with van der Waals surface area (Å²) in [4.78, 5) is 51.5. The van der Waals surface area contributed by atoms with Gasteiger partial charge in [0.25, 0.3) is 0 Å². The van der Waals surface area contributed by atoms with Gasteiger partial charge >= 0.3 is 23.8 Å². The first kappa shape index (κ1) is 31.4. The fourth-order valence-corrected chi connectivity index (χ4v) is 3.15. The van der Waals surface area contributed by atoms with Crippen LogP contribution in [-0.4, -0.2) is 43.9 Å². The Kier molecular flexibility index (Phi) is 13.3. The highest BCUT2D eigenvalue weighted by atomic mass is 35.5. The summed E-state index contributed by atoms with van der Waals surface area (Å²) in [6.07, 6.45) is 6.52. The minimum Gasteiger partial charge on any atom is -0.478 e. The molecule has 2 amide bonds. The number of hydrogen-bond donors (Lipinski definition) is 4. The van der Waals surface area contributed by atoms with Crippen molar-refractivity contribution >= 4 is 47.0 Å². The summed E-state index contributed by atoms with van der Waals surface area (Å²) in [6, 6.07) is 19.4. The molecule has 10 nitrogen and oxygen atoms in total. The molecule has 4 N–H and O–H groups in total. The first-order valence-corrected chi connectivity index (χ1v) is 12.2. The van der Waals surface area contributed by atoms with Crippen LogP contribution in [0.4, 0.5) is 0 Å². The summed E-state index contributed by atoms with van der Waals surface area (Å²) < 4.78 is 0. The van der Waals surface area contributed by atoms with Crippen LogP contribution in [0.2, 0.25) is 10.0 Å². The predicted molar refractivity (Wildman–Crippen MR) is 149 cm³/mol. The average molecular weight is 583 g/mol.